The van der Waals surface area contributed by atoms with Crippen molar-refractivity contribution in [3.05, 3.63) is 30.1 Å². The molecule has 0 aliphatic carbocycles. The smallest absolute Gasteiger partial charge is 0.225 e. The van der Waals surface area contributed by atoms with Crippen LogP contribution in [0.15, 0.2) is 24.5 Å². The molecule has 15 heavy (non-hydrogen) atoms. The third kappa shape index (κ3) is 3.35. The molecule has 0 aliphatic rings. The maximum absolute atomic E-state index is 11.7. The van der Waals surface area contributed by atoms with Crippen LogP contribution < -0.4 is 5.32 Å². The van der Waals surface area contributed by atoms with E-state index in [2.05, 4.69) is 10.3 Å². The molecule has 1 N–H and O–H groups in total. The van der Waals surface area contributed by atoms with Gasteiger partial charge in [0.1, 0.15) is 0 Å². The number of carbonyl (C=O) groups is 1. The number of amides is 1. The van der Waals surface area contributed by atoms with Gasteiger partial charge >= 0.3 is 0 Å². The third-order valence-electron chi connectivity index (χ3n) is 2.70. The van der Waals surface area contributed by atoms with Crippen LogP contribution in [0.4, 0.5) is 0 Å². The molecule has 0 radical (unpaired) electrons. The van der Waals surface area contributed by atoms with Crippen molar-refractivity contribution in [2.24, 2.45) is 5.41 Å². The van der Waals surface area contributed by atoms with Crippen molar-refractivity contribution in [3.8, 4) is 0 Å². The molecule has 0 aromatic carbocycles. The highest BCUT2D eigenvalue weighted by molar-refractivity contribution is 5.81. The van der Waals surface area contributed by atoms with Gasteiger partial charge in [0, 0.05) is 24.4 Å². The number of rotatable bonds is 4. The van der Waals surface area contributed by atoms with Gasteiger partial charge in [-0.15, -0.1) is 0 Å². The van der Waals surface area contributed by atoms with Crippen LogP contribution in [0, 0.1) is 5.41 Å². The average molecular weight is 206 g/mol. The Bertz CT molecular complexity index is 320. The fraction of sp³-hybridized carbons (Fsp3) is 0.500. The van der Waals surface area contributed by atoms with Gasteiger partial charge in [-0.05, 0) is 24.1 Å². The first-order valence-electron chi connectivity index (χ1n) is 5.23. The van der Waals surface area contributed by atoms with E-state index >= 15 is 0 Å². The zero-order valence-corrected chi connectivity index (χ0v) is 9.58. The van der Waals surface area contributed by atoms with E-state index in [4.69, 9.17) is 0 Å². The van der Waals surface area contributed by atoms with Crippen molar-refractivity contribution in [2.75, 3.05) is 0 Å². The molecule has 0 fully saturated rings. The monoisotopic (exact) mass is 206 g/mol. The van der Waals surface area contributed by atoms with Gasteiger partial charge in [-0.25, -0.2) is 0 Å². The second kappa shape index (κ2) is 4.91. The Morgan fingerprint density at radius 1 is 1.40 bits per heavy atom. The Hall–Kier alpha value is -1.38. The normalized spacial score (nSPS) is 11.1. The number of nitrogens with one attached hydrogen (secondary N) is 1. The Labute approximate surface area is 90.9 Å². The molecule has 1 amide bonds. The van der Waals surface area contributed by atoms with Crippen LogP contribution in [-0.2, 0) is 11.3 Å². The van der Waals surface area contributed by atoms with E-state index in [1.54, 1.807) is 12.4 Å². The molecule has 0 unspecified atom stereocenters. The van der Waals surface area contributed by atoms with E-state index in [1.807, 2.05) is 32.9 Å². The molecule has 82 valence electrons. The highest BCUT2D eigenvalue weighted by Crippen LogP contribution is 2.19. The Morgan fingerprint density at radius 2 is 2.00 bits per heavy atom. The van der Waals surface area contributed by atoms with Gasteiger partial charge in [-0.3, -0.25) is 9.78 Å². The van der Waals surface area contributed by atoms with Crippen molar-refractivity contribution in [1.29, 1.82) is 0 Å². The Kier molecular flexibility index (Phi) is 3.83. The quantitative estimate of drug-likeness (QED) is 0.820. The first-order valence-corrected chi connectivity index (χ1v) is 5.23. The van der Waals surface area contributed by atoms with Gasteiger partial charge < -0.3 is 5.32 Å². The number of hydrogen-bond donors (Lipinski definition) is 1. The molecule has 0 saturated heterocycles. The van der Waals surface area contributed by atoms with Crippen molar-refractivity contribution >= 4 is 5.91 Å². The molecule has 1 aromatic heterocycles. The molecule has 0 aliphatic heterocycles. The van der Waals surface area contributed by atoms with Crippen LogP contribution in [0.3, 0.4) is 0 Å². The van der Waals surface area contributed by atoms with Gasteiger partial charge in [0.05, 0.1) is 0 Å². The second-order valence-corrected chi connectivity index (χ2v) is 4.28. The Balaban J connectivity index is 2.48. The zero-order chi connectivity index (χ0) is 11.3. The van der Waals surface area contributed by atoms with Gasteiger partial charge in [0.25, 0.3) is 0 Å². The van der Waals surface area contributed by atoms with Crippen molar-refractivity contribution in [3.63, 3.8) is 0 Å². The third-order valence-corrected chi connectivity index (χ3v) is 2.70. The van der Waals surface area contributed by atoms with Gasteiger partial charge in [0.2, 0.25) is 5.91 Å². The summed E-state index contributed by atoms with van der Waals surface area (Å²) in [5, 5.41) is 2.92. The standard InChI is InChI=1S/C12H18N2O/c1-4-12(2,3)11(15)14-9-10-5-7-13-8-6-10/h5-8H,4,9H2,1-3H3,(H,14,15). The topological polar surface area (TPSA) is 42.0 Å². The fourth-order valence-corrected chi connectivity index (χ4v) is 1.08. The van der Waals surface area contributed by atoms with Crippen molar-refractivity contribution in [2.45, 2.75) is 33.7 Å². The lowest BCUT2D eigenvalue weighted by atomic mass is 9.89. The maximum Gasteiger partial charge on any atom is 0.225 e. The number of nitrogens with zero attached hydrogens (tertiary/aromatic N) is 1. The molecule has 0 bridgehead atoms. The van der Waals surface area contributed by atoms with Crippen molar-refractivity contribution < 1.29 is 4.79 Å². The molecule has 1 aromatic rings. The number of aromatic nitrogens is 1. The lowest BCUT2D eigenvalue weighted by Crippen LogP contribution is -2.35. The minimum Gasteiger partial charge on any atom is -0.352 e. The number of pyridine rings is 1. The number of carbonyl (C=O) groups excluding carboxylic acids is 1. The summed E-state index contributed by atoms with van der Waals surface area (Å²) in [4.78, 5) is 15.7. The van der Waals surface area contributed by atoms with Crippen LogP contribution in [0.5, 0.6) is 0 Å². The van der Waals surface area contributed by atoms with E-state index in [0.29, 0.717) is 6.54 Å². The summed E-state index contributed by atoms with van der Waals surface area (Å²) in [5.74, 6) is 0.0989. The van der Waals surface area contributed by atoms with E-state index in [0.717, 1.165) is 12.0 Å². The van der Waals surface area contributed by atoms with Gasteiger partial charge in [0.15, 0.2) is 0 Å². The molecule has 3 heteroatoms. The molecule has 0 saturated carbocycles. The second-order valence-electron chi connectivity index (χ2n) is 4.28. The molecule has 3 nitrogen and oxygen atoms in total. The van der Waals surface area contributed by atoms with E-state index < -0.39 is 0 Å². The fourth-order valence-electron chi connectivity index (χ4n) is 1.08. The van der Waals surface area contributed by atoms with E-state index in [-0.39, 0.29) is 11.3 Å². The first kappa shape index (κ1) is 11.7. The van der Waals surface area contributed by atoms with Gasteiger partial charge in [-0.2, -0.15) is 0 Å². The predicted octanol–water partition coefficient (Wildman–Crippen LogP) is 2.13. The van der Waals surface area contributed by atoms with Crippen LogP contribution in [0.1, 0.15) is 32.8 Å². The van der Waals surface area contributed by atoms with Gasteiger partial charge in [-0.1, -0.05) is 20.8 Å². The molecular weight excluding hydrogens is 188 g/mol. The van der Waals surface area contributed by atoms with E-state index in [1.165, 1.54) is 0 Å². The van der Waals surface area contributed by atoms with Crippen LogP contribution in [0.25, 0.3) is 0 Å². The van der Waals surface area contributed by atoms with E-state index in [9.17, 15) is 4.79 Å². The Morgan fingerprint density at radius 3 is 2.53 bits per heavy atom. The first-order chi connectivity index (χ1) is 7.06. The van der Waals surface area contributed by atoms with Crippen LogP contribution >= 0.6 is 0 Å². The summed E-state index contributed by atoms with van der Waals surface area (Å²) in [7, 11) is 0. The summed E-state index contributed by atoms with van der Waals surface area (Å²) < 4.78 is 0. The summed E-state index contributed by atoms with van der Waals surface area (Å²) >= 11 is 0. The average Bonchev–Trinajstić information content (AvgIpc) is 2.27. The molecule has 0 atom stereocenters. The summed E-state index contributed by atoms with van der Waals surface area (Å²) in [6.45, 7) is 6.50. The summed E-state index contributed by atoms with van der Waals surface area (Å²) in [6.07, 6.45) is 4.30. The minimum atomic E-state index is -0.285. The number of hydrogen-bond acceptors (Lipinski definition) is 2. The minimum absolute atomic E-state index is 0.0989. The summed E-state index contributed by atoms with van der Waals surface area (Å²) in [6, 6.07) is 3.80. The lowest BCUT2D eigenvalue weighted by Gasteiger charge is -2.21. The molecular formula is C12H18N2O. The highest BCUT2D eigenvalue weighted by Gasteiger charge is 2.24. The lowest BCUT2D eigenvalue weighted by molar-refractivity contribution is -0.129. The predicted molar refractivity (Wildman–Crippen MR) is 60.2 cm³/mol. The molecule has 0 spiro atoms. The van der Waals surface area contributed by atoms with Crippen molar-refractivity contribution in [1.82, 2.24) is 10.3 Å². The largest absolute Gasteiger partial charge is 0.352 e. The zero-order valence-electron chi connectivity index (χ0n) is 9.58. The maximum atomic E-state index is 11.7. The summed E-state index contributed by atoms with van der Waals surface area (Å²) in [5.41, 5.74) is 0.790. The SMILES string of the molecule is CCC(C)(C)C(=O)NCc1ccncc1. The molecule has 1 heterocycles. The van der Waals surface area contributed by atoms with Crippen LogP contribution in [0.2, 0.25) is 0 Å². The molecule has 1 rings (SSSR count). The van der Waals surface area contributed by atoms with Crippen LogP contribution in [-0.4, -0.2) is 10.9 Å². The highest BCUT2D eigenvalue weighted by atomic mass is 16.2.